The lowest BCUT2D eigenvalue weighted by Crippen LogP contribution is -2.38. The van der Waals surface area contributed by atoms with Crippen molar-refractivity contribution < 1.29 is 4.79 Å². The quantitative estimate of drug-likeness (QED) is 0.729. The number of hydrogen-bond donors (Lipinski definition) is 3. The van der Waals surface area contributed by atoms with Crippen molar-refractivity contribution in [2.45, 2.75) is 26.3 Å². The molecule has 0 saturated heterocycles. The topological polar surface area (TPSA) is 80.0 Å². The highest BCUT2D eigenvalue weighted by Crippen LogP contribution is 2.18. The van der Waals surface area contributed by atoms with Crippen LogP contribution in [0.2, 0.25) is 0 Å². The third-order valence-electron chi connectivity index (χ3n) is 3.02. The zero-order chi connectivity index (χ0) is 14.5. The molecule has 0 aliphatic carbocycles. The molecule has 1 amide bonds. The molecule has 1 heterocycles. The molecule has 5 heteroatoms. The second-order valence-electron chi connectivity index (χ2n) is 4.81. The molecule has 0 aliphatic rings. The number of nitrogens with zero attached hydrogens (tertiary/aromatic N) is 1. The first-order valence-corrected chi connectivity index (χ1v) is 6.80. The number of carbonyl (C=O) groups excluding carboxylic acids is 1. The predicted octanol–water partition coefficient (Wildman–Crippen LogP) is 2.14. The molecule has 5 nitrogen and oxygen atoms in total. The van der Waals surface area contributed by atoms with Crippen molar-refractivity contribution in [3.63, 3.8) is 0 Å². The van der Waals surface area contributed by atoms with Crippen LogP contribution in [0.15, 0.2) is 30.3 Å². The van der Waals surface area contributed by atoms with E-state index < -0.39 is 0 Å². The molecule has 1 unspecified atom stereocenters. The van der Waals surface area contributed by atoms with E-state index in [2.05, 4.69) is 15.6 Å². The molecular formula is C15H20N4O. The van der Waals surface area contributed by atoms with Crippen LogP contribution in [-0.4, -0.2) is 23.5 Å². The van der Waals surface area contributed by atoms with Gasteiger partial charge >= 0.3 is 0 Å². The van der Waals surface area contributed by atoms with Crippen LogP contribution in [0.1, 0.15) is 20.3 Å². The molecule has 1 atom stereocenters. The Bertz CT molecular complexity index is 612. The van der Waals surface area contributed by atoms with E-state index in [0.29, 0.717) is 18.1 Å². The number of pyridine rings is 1. The van der Waals surface area contributed by atoms with Gasteiger partial charge in [-0.25, -0.2) is 4.98 Å². The normalized spacial score (nSPS) is 12.1. The van der Waals surface area contributed by atoms with Crippen molar-refractivity contribution in [1.82, 2.24) is 10.3 Å². The van der Waals surface area contributed by atoms with Crippen molar-refractivity contribution in [3.05, 3.63) is 30.3 Å². The van der Waals surface area contributed by atoms with Crippen molar-refractivity contribution in [2.24, 2.45) is 0 Å². The summed E-state index contributed by atoms with van der Waals surface area (Å²) in [6, 6.07) is 9.04. The first-order valence-electron chi connectivity index (χ1n) is 6.80. The number of fused-ring (bicyclic) bond motifs is 1. The summed E-state index contributed by atoms with van der Waals surface area (Å²) >= 11 is 0. The Balaban J connectivity index is 2.09. The number of rotatable bonds is 5. The highest BCUT2D eigenvalue weighted by molar-refractivity contribution is 5.86. The fraction of sp³-hybridized carbons (Fsp3) is 0.333. The largest absolute Gasteiger partial charge is 0.399 e. The molecule has 2 aromatic rings. The number of benzene rings is 1. The minimum Gasteiger partial charge on any atom is -0.399 e. The number of aromatic nitrogens is 1. The van der Waals surface area contributed by atoms with Crippen molar-refractivity contribution >= 4 is 28.3 Å². The van der Waals surface area contributed by atoms with E-state index in [1.807, 2.05) is 44.2 Å². The van der Waals surface area contributed by atoms with E-state index in [-0.39, 0.29) is 11.9 Å². The third kappa shape index (κ3) is 3.38. The molecule has 1 aromatic carbocycles. The van der Waals surface area contributed by atoms with Crippen LogP contribution >= 0.6 is 0 Å². The van der Waals surface area contributed by atoms with E-state index in [4.69, 9.17) is 5.73 Å². The molecule has 0 aliphatic heterocycles. The van der Waals surface area contributed by atoms with Gasteiger partial charge in [-0.05, 0) is 43.7 Å². The van der Waals surface area contributed by atoms with Gasteiger partial charge in [0.15, 0.2) is 0 Å². The summed E-state index contributed by atoms with van der Waals surface area (Å²) in [5, 5.41) is 6.94. The van der Waals surface area contributed by atoms with Gasteiger partial charge in [0.25, 0.3) is 0 Å². The summed E-state index contributed by atoms with van der Waals surface area (Å²) in [6.45, 7) is 4.53. The number of hydrogen-bond acceptors (Lipinski definition) is 4. The van der Waals surface area contributed by atoms with Crippen LogP contribution in [0.4, 0.5) is 11.5 Å². The summed E-state index contributed by atoms with van der Waals surface area (Å²) in [5.74, 6) is 0.660. The molecule has 0 bridgehead atoms. The van der Waals surface area contributed by atoms with Gasteiger partial charge in [0.1, 0.15) is 11.9 Å². The molecule has 1 aromatic heterocycles. The number of nitrogens with two attached hydrogens (primary N) is 1. The fourth-order valence-electron chi connectivity index (χ4n) is 1.91. The van der Waals surface area contributed by atoms with E-state index >= 15 is 0 Å². The highest BCUT2D eigenvalue weighted by atomic mass is 16.2. The monoisotopic (exact) mass is 272 g/mol. The van der Waals surface area contributed by atoms with Crippen LogP contribution in [-0.2, 0) is 4.79 Å². The summed E-state index contributed by atoms with van der Waals surface area (Å²) in [6.07, 6.45) is 0.925. The molecule has 0 spiro atoms. The van der Waals surface area contributed by atoms with Crippen LogP contribution in [0, 0.1) is 0 Å². The smallest absolute Gasteiger partial charge is 0.242 e. The Hall–Kier alpha value is -2.30. The molecule has 106 valence electrons. The Morgan fingerprint density at radius 3 is 2.90 bits per heavy atom. The zero-order valence-corrected chi connectivity index (χ0v) is 11.8. The van der Waals surface area contributed by atoms with Crippen molar-refractivity contribution in [2.75, 3.05) is 17.6 Å². The van der Waals surface area contributed by atoms with Crippen LogP contribution in [0.25, 0.3) is 10.9 Å². The minimum atomic E-state index is -0.319. The second-order valence-corrected chi connectivity index (χ2v) is 4.81. The van der Waals surface area contributed by atoms with Crippen LogP contribution in [0.5, 0.6) is 0 Å². The maximum Gasteiger partial charge on any atom is 0.242 e. The first kappa shape index (κ1) is 14.1. The van der Waals surface area contributed by atoms with Gasteiger partial charge in [-0.2, -0.15) is 0 Å². The molecule has 0 radical (unpaired) electrons. The highest BCUT2D eigenvalue weighted by Gasteiger charge is 2.12. The molecular weight excluding hydrogens is 252 g/mol. The Kier molecular flexibility index (Phi) is 4.40. The van der Waals surface area contributed by atoms with Gasteiger partial charge < -0.3 is 16.4 Å². The van der Waals surface area contributed by atoms with Crippen LogP contribution in [0.3, 0.4) is 0 Å². The Morgan fingerprint density at radius 2 is 2.15 bits per heavy atom. The maximum atomic E-state index is 11.8. The Morgan fingerprint density at radius 1 is 1.35 bits per heavy atom. The number of nitrogens with one attached hydrogen (secondary N) is 2. The molecule has 4 N–H and O–H groups in total. The molecule has 0 saturated carbocycles. The number of amides is 1. The summed E-state index contributed by atoms with van der Waals surface area (Å²) in [5.41, 5.74) is 7.30. The lowest BCUT2D eigenvalue weighted by molar-refractivity contribution is -0.121. The van der Waals surface area contributed by atoms with E-state index in [0.717, 1.165) is 17.3 Å². The van der Waals surface area contributed by atoms with Gasteiger partial charge in [0.05, 0.1) is 5.52 Å². The standard InChI is InChI=1S/C15H20N4O/c1-3-8-17-15(20)10(2)18-14-7-4-11-9-12(16)5-6-13(11)19-14/h4-7,9-10H,3,8,16H2,1-2H3,(H,17,20)(H,18,19). The van der Waals surface area contributed by atoms with Crippen molar-refractivity contribution in [3.8, 4) is 0 Å². The lowest BCUT2D eigenvalue weighted by atomic mass is 10.2. The third-order valence-corrected chi connectivity index (χ3v) is 3.02. The van der Waals surface area contributed by atoms with Gasteiger partial charge in [0.2, 0.25) is 5.91 Å². The van der Waals surface area contributed by atoms with Gasteiger partial charge in [0, 0.05) is 17.6 Å². The molecule has 0 fully saturated rings. The van der Waals surface area contributed by atoms with Gasteiger partial charge in [-0.15, -0.1) is 0 Å². The average Bonchev–Trinajstić information content (AvgIpc) is 2.44. The van der Waals surface area contributed by atoms with E-state index in [1.165, 1.54) is 0 Å². The van der Waals surface area contributed by atoms with E-state index in [9.17, 15) is 4.79 Å². The number of carbonyl (C=O) groups is 1. The number of nitrogen functional groups attached to an aromatic ring is 1. The average molecular weight is 272 g/mol. The fourth-order valence-corrected chi connectivity index (χ4v) is 1.91. The van der Waals surface area contributed by atoms with E-state index in [1.54, 1.807) is 0 Å². The van der Waals surface area contributed by atoms with Gasteiger partial charge in [-0.3, -0.25) is 4.79 Å². The Labute approximate surface area is 118 Å². The van der Waals surface area contributed by atoms with Crippen LogP contribution < -0.4 is 16.4 Å². The lowest BCUT2D eigenvalue weighted by Gasteiger charge is -2.14. The predicted molar refractivity (Wildman–Crippen MR) is 82.5 cm³/mol. The van der Waals surface area contributed by atoms with Crippen molar-refractivity contribution in [1.29, 1.82) is 0 Å². The summed E-state index contributed by atoms with van der Waals surface area (Å²) in [4.78, 5) is 16.3. The summed E-state index contributed by atoms with van der Waals surface area (Å²) < 4.78 is 0. The summed E-state index contributed by atoms with van der Waals surface area (Å²) in [7, 11) is 0. The first-order chi connectivity index (χ1) is 9.60. The van der Waals surface area contributed by atoms with Gasteiger partial charge in [-0.1, -0.05) is 6.92 Å². The SMILES string of the molecule is CCCNC(=O)C(C)Nc1ccc2cc(N)ccc2n1. The second kappa shape index (κ2) is 6.23. The number of anilines is 2. The molecule has 2 rings (SSSR count). The zero-order valence-electron chi connectivity index (χ0n) is 11.8. The minimum absolute atomic E-state index is 0.0222. The maximum absolute atomic E-state index is 11.8. The molecule has 20 heavy (non-hydrogen) atoms.